The van der Waals surface area contributed by atoms with E-state index in [-0.39, 0.29) is 15.7 Å². The normalized spacial score (nSPS) is 11.3. The lowest BCUT2D eigenvalue weighted by atomic mass is 10.1. The minimum atomic E-state index is -3.81. The van der Waals surface area contributed by atoms with Crippen molar-refractivity contribution in [1.82, 2.24) is 4.98 Å². The van der Waals surface area contributed by atoms with Gasteiger partial charge in [0.15, 0.2) is 0 Å². The number of anilines is 2. The summed E-state index contributed by atoms with van der Waals surface area (Å²) >= 11 is 6.21. The molecule has 1 amide bonds. The largest absolute Gasteiger partial charge is 0.321 e. The molecule has 0 radical (unpaired) electrons. The van der Waals surface area contributed by atoms with E-state index in [1.807, 2.05) is 30.3 Å². The fraction of sp³-hybridized carbons (Fsp3) is 0.0435. The number of para-hydroxylation sites is 1. The highest BCUT2D eigenvalue weighted by Crippen LogP contribution is 2.25. The van der Waals surface area contributed by atoms with Crippen molar-refractivity contribution in [2.75, 3.05) is 16.7 Å². The zero-order valence-electron chi connectivity index (χ0n) is 16.5. The lowest BCUT2D eigenvalue weighted by Gasteiger charge is -2.19. The number of hydrogen-bond acceptors (Lipinski definition) is 4. The summed E-state index contributed by atoms with van der Waals surface area (Å²) in [6.45, 7) is 0. The zero-order valence-corrected chi connectivity index (χ0v) is 18.1. The Hall–Kier alpha value is -3.42. The molecule has 0 aliphatic carbocycles. The van der Waals surface area contributed by atoms with Crippen molar-refractivity contribution in [2.24, 2.45) is 0 Å². The summed E-state index contributed by atoms with van der Waals surface area (Å²) in [5.74, 6) is -0.487. The van der Waals surface area contributed by atoms with Crippen LogP contribution >= 0.6 is 11.6 Å². The van der Waals surface area contributed by atoms with E-state index in [9.17, 15) is 13.2 Å². The van der Waals surface area contributed by atoms with Crippen molar-refractivity contribution >= 4 is 49.7 Å². The van der Waals surface area contributed by atoms with Gasteiger partial charge in [0, 0.05) is 18.1 Å². The minimum absolute atomic E-state index is 0.0566. The molecule has 1 aromatic heterocycles. The maximum Gasteiger partial charge on any atom is 0.274 e. The molecule has 0 saturated carbocycles. The molecule has 4 rings (SSSR count). The van der Waals surface area contributed by atoms with Crippen LogP contribution in [0.4, 0.5) is 11.4 Å². The van der Waals surface area contributed by atoms with Crippen LogP contribution in [0.1, 0.15) is 10.5 Å². The summed E-state index contributed by atoms with van der Waals surface area (Å²) in [7, 11) is -2.32. The number of carbonyl (C=O) groups excluding carboxylic acids is 1. The number of sulfonamides is 1. The number of amides is 1. The molecule has 0 atom stereocenters. The SMILES string of the molecule is CN(c1ccccc1)S(=O)(=O)c1cccc(NC(=O)c2cc3ccccc3c(Cl)n2)c1. The number of pyridine rings is 1. The molecule has 0 fully saturated rings. The van der Waals surface area contributed by atoms with Gasteiger partial charge in [-0.3, -0.25) is 9.10 Å². The molecule has 1 N–H and O–H groups in total. The van der Waals surface area contributed by atoms with E-state index >= 15 is 0 Å². The average Bonchev–Trinajstić information content (AvgIpc) is 2.79. The maximum atomic E-state index is 13.0. The summed E-state index contributed by atoms with van der Waals surface area (Å²) in [6.07, 6.45) is 0. The van der Waals surface area contributed by atoms with Crippen molar-refractivity contribution < 1.29 is 13.2 Å². The number of nitrogens with one attached hydrogen (secondary N) is 1. The Balaban J connectivity index is 1.61. The van der Waals surface area contributed by atoms with E-state index in [0.29, 0.717) is 11.4 Å². The molecule has 0 aliphatic heterocycles. The van der Waals surface area contributed by atoms with E-state index in [4.69, 9.17) is 11.6 Å². The Bertz CT molecular complexity index is 1380. The van der Waals surface area contributed by atoms with Gasteiger partial charge in [0.1, 0.15) is 10.8 Å². The second-order valence-electron chi connectivity index (χ2n) is 6.81. The van der Waals surface area contributed by atoms with E-state index in [1.165, 1.54) is 23.5 Å². The Morgan fingerprint density at radius 3 is 2.42 bits per heavy atom. The molecule has 1 heterocycles. The molecule has 3 aromatic carbocycles. The van der Waals surface area contributed by atoms with Gasteiger partial charge in [-0.05, 0) is 41.8 Å². The van der Waals surface area contributed by atoms with Gasteiger partial charge in [0.05, 0.1) is 10.6 Å². The van der Waals surface area contributed by atoms with E-state index in [1.54, 1.807) is 42.5 Å². The van der Waals surface area contributed by atoms with Crippen molar-refractivity contribution in [3.63, 3.8) is 0 Å². The number of aromatic nitrogens is 1. The van der Waals surface area contributed by atoms with Gasteiger partial charge in [0.2, 0.25) is 0 Å². The minimum Gasteiger partial charge on any atom is -0.321 e. The highest BCUT2D eigenvalue weighted by atomic mass is 35.5. The lowest BCUT2D eigenvalue weighted by Crippen LogP contribution is -2.26. The summed E-state index contributed by atoms with van der Waals surface area (Å²) < 4.78 is 27.2. The maximum absolute atomic E-state index is 13.0. The summed E-state index contributed by atoms with van der Waals surface area (Å²) in [6, 6.07) is 23.8. The van der Waals surface area contributed by atoms with Gasteiger partial charge in [-0.15, -0.1) is 0 Å². The fourth-order valence-electron chi connectivity index (χ4n) is 3.14. The zero-order chi connectivity index (χ0) is 22.0. The number of benzene rings is 3. The van der Waals surface area contributed by atoms with E-state index in [2.05, 4.69) is 10.3 Å². The van der Waals surface area contributed by atoms with Crippen LogP contribution in [0.25, 0.3) is 10.8 Å². The molecule has 0 saturated heterocycles. The summed E-state index contributed by atoms with van der Waals surface area (Å²) in [5, 5.41) is 4.46. The molecule has 0 bridgehead atoms. The average molecular weight is 452 g/mol. The topological polar surface area (TPSA) is 79.4 Å². The van der Waals surface area contributed by atoms with Crippen LogP contribution in [0.5, 0.6) is 0 Å². The van der Waals surface area contributed by atoms with Crippen LogP contribution < -0.4 is 9.62 Å². The van der Waals surface area contributed by atoms with Crippen LogP contribution in [-0.4, -0.2) is 26.4 Å². The first-order valence-corrected chi connectivity index (χ1v) is 11.2. The molecule has 156 valence electrons. The van der Waals surface area contributed by atoms with E-state index < -0.39 is 15.9 Å². The van der Waals surface area contributed by atoms with Crippen LogP contribution in [0.15, 0.2) is 89.8 Å². The monoisotopic (exact) mass is 451 g/mol. The van der Waals surface area contributed by atoms with E-state index in [0.717, 1.165) is 10.8 Å². The second kappa shape index (κ2) is 8.37. The van der Waals surface area contributed by atoms with Crippen LogP contribution in [0.2, 0.25) is 5.15 Å². The lowest BCUT2D eigenvalue weighted by molar-refractivity contribution is 0.102. The van der Waals surface area contributed by atoms with Crippen molar-refractivity contribution in [1.29, 1.82) is 0 Å². The highest BCUT2D eigenvalue weighted by molar-refractivity contribution is 7.92. The van der Waals surface area contributed by atoms with Crippen molar-refractivity contribution in [2.45, 2.75) is 4.90 Å². The molecule has 0 spiro atoms. The first-order chi connectivity index (χ1) is 14.9. The van der Waals surface area contributed by atoms with Gasteiger partial charge < -0.3 is 5.32 Å². The molecule has 31 heavy (non-hydrogen) atoms. The van der Waals surface area contributed by atoms with Gasteiger partial charge in [0.25, 0.3) is 15.9 Å². The van der Waals surface area contributed by atoms with Gasteiger partial charge >= 0.3 is 0 Å². The molecule has 8 heteroatoms. The van der Waals surface area contributed by atoms with Crippen LogP contribution in [0.3, 0.4) is 0 Å². The van der Waals surface area contributed by atoms with Gasteiger partial charge in [-0.2, -0.15) is 0 Å². The predicted octanol–water partition coefficient (Wildman–Crippen LogP) is 4.97. The number of nitrogens with zero attached hydrogens (tertiary/aromatic N) is 2. The van der Waals surface area contributed by atoms with Crippen molar-refractivity contribution in [3.8, 4) is 0 Å². The molecule has 0 unspecified atom stereocenters. The van der Waals surface area contributed by atoms with Crippen LogP contribution in [0, 0.1) is 0 Å². The Labute approximate surface area is 185 Å². The fourth-order valence-corrected chi connectivity index (χ4v) is 4.64. The summed E-state index contributed by atoms with van der Waals surface area (Å²) in [4.78, 5) is 17.0. The quantitative estimate of drug-likeness (QED) is 0.434. The first kappa shape index (κ1) is 20.8. The standard InChI is InChI=1S/C23H18ClN3O3S/c1-27(18-10-3-2-4-11-18)31(29,30)19-12-7-9-17(15-19)25-23(28)21-14-16-8-5-6-13-20(16)22(24)26-21/h2-15H,1H3,(H,25,28). The van der Waals surface area contributed by atoms with Gasteiger partial charge in [-0.1, -0.05) is 60.1 Å². The molecule has 0 aliphatic rings. The molecule has 4 aromatic rings. The van der Waals surface area contributed by atoms with Gasteiger partial charge in [-0.25, -0.2) is 13.4 Å². The molecular formula is C23H18ClN3O3S. The molecular weight excluding hydrogens is 434 g/mol. The molecule has 6 nitrogen and oxygen atoms in total. The number of halogens is 1. The third kappa shape index (κ3) is 4.23. The second-order valence-corrected chi connectivity index (χ2v) is 9.14. The third-order valence-corrected chi connectivity index (χ3v) is 6.87. The predicted molar refractivity (Wildman–Crippen MR) is 123 cm³/mol. The number of hydrogen-bond donors (Lipinski definition) is 1. The van der Waals surface area contributed by atoms with Crippen molar-refractivity contribution in [3.05, 3.63) is 95.8 Å². The number of rotatable bonds is 5. The first-order valence-electron chi connectivity index (χ1n) is 9.37. The number of fused-ring (bicyclic) bond motifs is 1. The number of carbonyl (C=O) groups is 1. The highest BCUT2D eigenvalue weighted by Gasteiger charge is 2.22. The Morgan fingerprint density at radius 2 is 1.65 bits per heavy atom. The Kier molecular flexibility index (Phi) is 5.63. The Morgan fingerprint density at radius 1 is 0.935 bits per heavy atom. The smallest absolute Gasteiger partial charge is 0.274 e. The van der Waals surface area contributed by atoms with Crippen LogP contribution in [-0.2, 0) is 10.0 Å². The third-order valence-electron chi connectivity index (χ3n) is 4.80. The summed E-state index contributed by atoms with van der Waals surface area (Å²) in [5.41, 5.74) is 1.00.